The number of aryl methyl sites for hydroxylation is 2. The number of nitrogens with one attached hydrogen (secondary N) is 1. The molecule has 1 saturated heterocycles. The standard InChI is InChI=1S/C20H23ClN2O3S/c1-14-6-9-17(13-15(14)2)22-20(24)19-5-3-4-12-23(19)27(25,26)18-10-7-16(21)8-11-18/h6-11,13,19H,3-5,12H2,1-2H3,(H,22,24)/t19-/m0/s1. The molecular weight excluding hydrogens is 384 g/mol. The lowest BCUT2D eigenvalue weighted by Crippen LogP contribution is -2.49. The molecule has 1 N–H and O–H groups in total. The molecule has 0 aromatic heterocycles. The molecule has 0 aliphatic carbocycles. The van der Waals surface area contributed by atoms with Crippen LogP contribution in [0.15, 0.2) is 47.4 Å². The Labute approximate surface area is 165 Å². The zero-order valence-electron chi connectivity index (χ0n) is 15.4. The molecule has 0 bridgehead atoms. The molecule has 2 aromatic rings. The molecule has 144 valence electrons. The summed E-state index contributed by atoms with van der Waals surface area (Å²) in [5.41, 5.74) is 2.89. The number of carbonyl (C=O) groups excluding carboxylic acids is 1. The molecule has 0 unspecified atom stereocenters. The fourth-order valence-electron chi connectivity index (χ4n) is 3.24. The lowest BCUT2D eigenvalue weighted by molar-refractivity contribution is -0.120. The summed E-state index contributed by atoms with van der Waals surface area (Å²) in [6.45, 7) is 4.31. The second-order valence-corrected chi connectivity index (χ2v) is 9.20. The van der Waals surface area contributed by atoms with E-state index in [-0.39, 0.29) is 10.8 Å². The number of nitrogens with zero attached hydrogens (tertiary/aromatic N) is 1. The number of carbonyl (C=O) groups is 1. The number of halogens is 1. The van der Waals surface area contributed by atoms with Gasteiger partial charge in [0.25, 0.3) is 0 Å². The van der Waals surface area contributed by atoms with Crippen LogP contribution in [-0.2, 0) is 14.8 Å². The number of rotatable bonds is 4. The molecule has 1 amide bonds. The van der Waals surface area contributed by atoms with Gasteiger partial charge in [-0.05, 0) is 74.2 Å². The van der Waals surface area contributed by atoms with Crippen molar-refractivity contribution in [1.29, 1.82) is 0 Å². The lowest BCUT2D eigenvalue weighted by Gasteiger charge is -2.33. The van der Waals surface area contributed by atoms with Crippen molar-refractivity contribution >= 4 is 33.2 Å². The number of amides is 1. The van der Waals surface area contributed by atoms with Gasteiger partial charge in [0.2, 0.25) is 15.9 Å². The van der Waals surface area contributed by atoms with Gasteiger partial charge < -0.3 is 5.32 Å². The van der Waals surface area contributed by atoms with E-state index in [1.165, 1.54) is 16.4 Å². The van der Waals surface area contributed by atoms with E-state index in [2.05, 4.69) is 5.32 Å². The predicted molar refractivity (Wildman–Crippen MR) is 108 cm³/mol. The normalized spacial score (nSPS) is 18.3. The van der Waals surface area contributed by atoms with Crippen LogP contribution >= 0.6 is 11.6 Å². The predicted octanol–water partition coefficient (Wildman–Crippen LogP) is 4.14. The number of hydrogen-bond donors (Lipinski definition) is 1. The van der Waals surface area contributed by atoms with Crippen LogP contribution in [0.1, 0.15) is 30.4 Å². The third-order valence-electron chi connectivity index (χ3n) is 4.95. The quantitative estimate of drug-likeness (QED) is 0.829. The first-order chi connectivity index (χ1) is 12.8. The van der Waals surface area contributed by atoms with Gasteiger partial charge >= 0.3 is 0 Å². The van der Waals surface area contributed by atoms with Crippen LogP contribution in [0, 0.1) is 13.8 Å². The molecular formula is C20H23ClN2O3S. The van der Waals surface area contributed by atoms with Gasteiger partial charge in [-0.15, -0.1) is 0 Å². The SMILES string of the molecule is Cc1ccc(NC(=O)[C@@H]2CCCCN2S(=O)(=O)c2ccc(Cl)cc2)cc1C. The van der Waals surface area contributed by atoms with E-state index in [4.69, 9.17) is 11.6 Å². The summed E-state index contributed by atoms with van der Waals surface area (Å²) >= 11 is 5.87. The van der Waals surface area contributed by atoms with Crippen LogP contribution in [0.5, 0.6) is 0 Å². The Balaban J connectivity index is 1.85. The van der Waals surface area contributed by atoms with E-state index in [1.807, 2.05) is 32.0 Å². The van der Waals surface area contributed by atoms with Crippen molar-refractivity contribution in [3.05, 3.63) is 58.6 Å². The minimum atomic E-state index is -3.77. The molecule has 7 heteroatoms. The highest BCUT2D eigenvalue weighted by molar-refractivity contribution is 7.89. The average Bonchev–Trinajstić information content (AvgIpc) is 2.65. The Morgan fingerprint density at radius 1 is 1.07 bits per heavy atom. The minimum Gasteiger partial charge on any atom is -0.325 e. The number of sulfonamides is 1. The fourth-order valence-corrected chi connectivity index (χ4v) is 5.02. The monoisotopic (exact) mass is 406 g/mol. The summed E-state index contributed by atoms with van der Waals surface area (Å²) in [6.07, 6.45) is 2.06. The molecule has 27 heavy (non-hydrogen) atoms. The van der Waals surface area contributed by atoms with Gasteiger partial charge in [0, 0.05) is 17.3 Å². The summed E-state index contributed by atoms with van der Waals surface area (Å²) < 4.78 is 27.5. The summed E-state index contributed by atoms with van der Waals surface area (Å²) in [4.78, 5) is 13.0. The Hall–Kier alpha value is -1.89. The lowest BCUT2D eigenvalue weighted by atomic mass is 10.0. The molecule has 0 radical (unpaired) electrons. The van der Waals surface area contributed by atoms with E-state index in [0.717, 1.165) is 24.0 Å². The second-order valence-electron chi connectivity index (χ2n) is 6.87. The third-order valence-corrected chi connectivity index (χ3v) is 7.13. The topological polar surface area (TPSA) is 66.5 Å². The van der Waals surface area contributed by atoms with Crippen LogP contribution < -0.4 is 5.32 Å². The highest BCUT2D eigenvalue weighted by atomic mass is 35.5. The Morgan fingerprint density at radius 3 is 2.44 bits per heavy atom. The van der Waals surface area contributed by atoms with E-state index in [9.17, 15) is 13.2 Å². The van der Waals surface area contributed by atoms with E-state index in [0.29, 0.717) is 23.7 Å². The zero-order chi connectivity index (χ0) is 19.6. The minimum absolute atomic E-state index is 0.151. The van der Waals surface area contributed by atoms with Gasteiger partial charge in [-0.3, -0.25) is 4.79 Å². The van der Waals surface area contributed by atoms with E-state index >= 15 is 0 Å². The first kappa shape index (κ1) is 19.9. The highest BCUT2D eigenvalue weighted by Gasteiger charge is 2.37. The van der Waals surface area contributed by atoms with Gasteiger partial charge in [0.1, 0.15) is 6.04 Å². The van der Waals surface area contributed by atoms with Crippen molar-refractivity contribution < 1.29 is 13.2 Å². The maximum Gasteiger partial charge on any atom is 0.243 e. The molecule has 0 saturated carbocycles. The van der Waals surface area contributed by atoms with Crippen LogP contribution in [0.3, 0.4) is 0 Å². The molecule has 1 fully saturated rings. The maximum atomic E-state index is 13.1. The van der Waals surface area contributed by atoms with Crippen LogP contribution in [-0.4, -0.2) is 31.2 Å². The fraction of sp³-hybridized carbons (Fsp3) is 0.350. The van der Waals surface area contributed by atoms with Gasteiger partial charge in [-0.25, -0.2) is 8.42 Å². The Kier molecular flexibility index (Phi) is 5.89. The van der Waals surface area contributed by atoms with Crippen LogP contribution in [0.2, 0.25) is 5.02 Å². The van der Waals surface area contributed by atoms with Crippen molar-refractivity contribution in [2.75, 3.05) is 11.9 Å². The van der Waals surface area contributed by atoms with E-state index < -0.39 is 16.1 Å². The zero-order valence-corrected chi connectivity index (χ0v) is 17.0. The van der Waals surface area contributed by atoms with Crippen LogP contribution in [0.4, 0.5) is 5.69 Å². The molecule has 1 heterocycles. The second kappa shape index (κ2) is 8.00. The van der Waals surface area contributed by atoms with Crippen LogP contribution in [0.25, 0.3) is 0 Å². The molecule has 1 aliphatic rings. The number of piperidine rings is 1. The first-order valence-corrected chi connectivity index (χ1v) is 10.8. The first-order valence-electron chi connectivity index (χ1n) is 8.94. The Bertz CT molecular complexity index is 942. The molecule has 5 nitrogen and oxygen atoms in total. The van der Waals surface area contributed by atoms with Gasteiger partial charge in [-0.1, -0.05) is 24.1 Å². The smallest absolute Gasteiger partial charge is 0.243 e. The van der Waals surface area contributed by atoms with Crippen molar-refractivity contribution in [1.82, 2.24) is 4.31 Å². The molecule has 0 spiro atoms. The summed E-state index contributed by atoms with van der Waals surface area (Å²) in [6, 6.07) is 11.0. The van der Waals surface area contributed by atoms with Gasteiger partial charge in [0.15, 0.2) is 0 Å². The molecule has 2 aromatic carbocycles. The van der Waals surface area contributed by atoms with Gasteiger partial charge in [-0.2, -0.15) is 4.31 Å². The van der Waals surface area contributed by atoms with Crippen molar-refractivity contribution in [3.8, 4) is 0 Å². The summed E-state index contributed by atoms with van der Waals surface area (Å²) in [7, 11) is -3.77. The van der Waals surface area contributed by atoms with Crippen molar-refractivity contribution in [2.45, 2.75) is 44.0 Å². The highest BCUT2D eigenvalue weighted by Crippen LogP contribution is 2.27. The molecule has 1 atom stereocenters. The number of hydrogen-bond acceptors (Lipinski definition) is 3. The molecule has 1 aliphatic heterocycles. The van der Waals surface area contributed by atoms with E-state index in [1.54, 1.807) is 12.1 Å². The Morgan fingerprint density at radius 2 is 1.78 bits per heavy atom. The third kappa shape index (κ3) is 4.34. The van der Waals surface area contributed by atoms with Crippen molar-refractivity contribution in [2.24, 2.45) is 0 Å². The number of anilines is 1. The average molecular weight is 407 g/mol. The largest absolute Gasteiger partial charge is 0.325 e. The maximum absolute atomic E-state index is 13.1. The number of benzene rings is 2. The van der Waals surface area contributed by atoms with Gasteiger partial charge in [0.05, 0.1) is 4.90 Å². The summed E-state index contributed by atoms with van der Waals surface area (Å²) in [5.74, 6) is -0.296. The summed E-state index contributed by atoms with van der Waals surface area (Å²) in [5, 5.41) is 3.35. The molecule has 3 rings (SSSR count). The van der Waals surface area contributed by atoms with Crippen molar-refractivity contribution in [3.63, 3.8) is 0 Å².